The predicted molar refractivity (Wildman–Crippen MR) is 200 cm³/mol. The van der Waals surface area contributed by atoms with Crippen LogP contribution in [0.1, 0.15) is 87.4 Å². The molecule has 55 heavy (non-hydrogen) atoms. The van der Waals surface area contributed by atoms with Gasteiger partial charge in [0.2, 0.25) is 21.8 Å². The molecule has 1 saturated heterocycles. The minimum Gasteiger partial charge on any atom is -0.494 e. The van der Waals surface area contributed by atoms with Crippen molar-refractivity contribution in [1.29, 1.82) is 0 Å². The summed E-state index contributed by atoms with van der Waals surface area (Å²) in [4.78, 5) is 74.8. The standard InChI is InChI=1S/C39H48N6O9S/c46-34-27-18-26(22-40-23-27)25-10-9-12-30(19-25)53-16-7-4-8-17-54-38(50)42-32-13-6-3-1-2-5-11-28-21-39(28,37(49)44-55(51,52)31-14-15-31)43-35(47)33-20-29(41-34)24-45(33)36(32)48/h5,9-12,18-19,22-23,28-29,31-33H,1-4,6-8,13-17,20-21,24H2,(H,41,46)(H,42,50)(H,43,47)(H,44,49)/b11-5-/t28-,29-,32+,33+,39-/m1/s1. The van der Waals surface area contributed by atoms with Gasteiger partial charge in [0, 0.05) is 36.5 Å². The van der Waals surface area contributed by atoms with Gasteiger partial charge in [0.05, 0.1) is 24.0 Å². The number of nitrogens with one attached hydrogen (secondary N) is 4. The van der Waals surface area contributed by atoms with Crippen molar-refractivity contribution in [3.8, 4) is 16.9 Å². The fourth-order valence-electron chi connectivity index (χ4n) is 7.58. The summed E-state index contributed by atoms with van der Waals surface area (Å²) in [6.07, 6.45) is 12.4. The maximum Gasteiger partial charge on any atom is 0.407 e. The van der Waals surface area contributed by atoms with Gasteiger partial charge >= 0.3 is 6.09 Å². The van der Waals surface area contributed by atoms with E-state index in [-0.39, 0.29) is 31.6 Å². The van der Waals surface area contributed by atoms with Crippen LogP contribution >= 0.6 is 0 Å². The van der Waals surface area contributed by atoms with Crippen LogP contribution in [0.25, 0.3) is 11.1 Å². The predicted octanol–water partition coefficient (Wildman–Crippen LogP) is 3.11. The van der Waals surface area contributed by atoms with E-state index in [1.54, 1.807) is 12.3 Å². The summed E-state index contributed by atoms with van der Waals surface area (Å²) in [6, 6.07) is 6.33. The number of carbonyl (C=O) groups excluding carboxylic acids is 5. The number of pyridine rings is 1. The molecule has 7 bridgehead atoms. The second-order valence-electron chi connectivity index (χ2n) is 15.2. The molecule has 2 saturated carbocycles. The molecule has 0 spiro atoms. The van der Waals surface area contributed by atoms with Crippen molar-refractivity contribution in [1.82, 2.24) is 30.6 Å². The van der Waals surface area contributed by atoms with Gasteiger partial charge in [-0.05, 0) is 88.0 Å². The van der Waals surface area contributed by atoms with Crippen molar-refractivity contribution < 1.29 is 41.9 Å². The van der Waals surface area contributed by atoms with Crippen LogP contribution in [0.4, 0.5) is 4.79 Å². The number of rotatable bonds is 3. The third-order valence-electron chi connectivity index (χ3n) is 11.0. The van der Waals surface area contributed by atoms with Crippen LogP contribution in [0.3, 0.4) is 0 Å². The van der Waals surface area contributed by atoms with E-state index in [1.807, 2.05) is 36.4 Å². The maximum absolute atomic E-state index is 14.4. The number of sulfonamides is 1. The highest BCUT2D eigenvalue weighted by molar-refractivity contribution is 7.91. The van der Waals surface area contributed by atoms with Crippen LogP contribution in [0.15, 0.2) is 54.9 Å². The Morgan fingerprint density at radius 2 is 1.67 bits per heavy atom. The summed E-state index contributed by atoms with van der Waals surface area (Å²) in [7, 11) is -3.90. The Balaban J connectivity index is 1.18. The van der Waals surface area contributed by atoms with Gasteiger partial charge in [0.1, 0.15) is 23.4 Å². The number of cyclic esters (lactones) is 1. The lowest BCUT2D eigenvalue weighted by atomic mass is 10.0. The summed E-state index contributed by atoms with van der Waals surface area (Å²) in [5.74, 6) is -2.23. The number of fused-ring (bicyclic) bond motifs is 8. The average molecular weight is 777 g/mol. The minimum atomic E-state index is -3.90. The first-order valence-corrected chi connectivity index (χ1v) is 20.8. The molecule has 0 radical (unpaired) electrons. The Morgan fingerprint density at radius 1 is 0.891 bits per heavy atom. The van der Waals surface area contributed by atoms with Crippen molar-refractivity contribution in [2.24, 2.45) is 5.92 Å². The van der Waals surface area contributed by atoms with Crippen LogP contribution in [-0.2, 0) is 29.1 Å². The second-order valence-corrected chi connectivity index (χ2v) is 17.1. The van der Waals surface area contributed by atoms with Crippen LogP contribution in [0.5, 0.6) is 5.75 Å². The monoisotopic (exact) mass is 776 g/mol. The van der Waals surface area contributed by atoms with E-state index in [4.69, 9.17) is 9.47 Å². The quantitative estimate of drug-likeness (QED) is 0.336. The van der Waals surface area contributed by atoms with Gasteiger partial charge in [-0.15, -0.1) is 0 Å². The first-order chi connectivity index (χ1) is 26.5. The molecule has 5 amide bonds. The average Bonchev–Trinajstić information content (AvgIpc) is 4.10. The van der Waals surface area contributed by atoms with Crippen LogP contribution < -0.4 is 25.4 Å². The highest BCUT2D eigenvalue weighted by atomic mass is 32.2. The zero-order valence-electron chi connectivity index (χ0n) is 30.7. The molecule has 0 unspecified atom stereocenters. The number of alkyl carbamates (subject to hydrolysis) is 1. The largest absolute Gasteiger partial charge is 0.494 e. The Labute approximate surface area is 320 Å². The molecule has 4 heterocycles. The van der Waals surface area contributed by atoms with E-state index in [9.17, 15) is 32.4 Å². The molecule has 16 heteroatoms. The topological polar surface area (TPSA) is 202 Å². The van der Waals surface area contributed by atoms with Crippen molar-refractivity contribution >= 4 is 39.7 Å². The minimum absolute atomic E-state index is 0.00552. The Bertz CT molecular complexity index is 1950. The fourth-order valence-corrected chi connectivity index (χ4v) is 8.94. The number of nitrogens with zero attached hydrogens (tertiary/aromatic N) is 2. The van der Waals surface area contributed by atoms with E-state index in [0.29, 0.717) is 56.4 Å². The van der Waals surface area contributed by atoms with Crippen molar-refractivity contribution in [2.45, 2.75) is 106 Å². The molecule has 1 aromatic heterocycles. The van der Waals surface area contributed by atoms with Crippen molar-refractivity contribution in [3.05, 3.63) is 60.4 Å². The van der Waals surface area contributed by atoms with Gasteiger partial charge in [0.15, 0.2) is 0 Å². The van der Waals surface area contributed by atoms with Gasteiger partial charge in [-0.1, -0.05) is 37.1 Å². The molecule has 4 N–H and O–H groups in total. The number of carbonyl (C=O) groups is 5. The number of amides is 5. The maximum atomic E-state index is 14.4. The zero-order valence-corrected chi connectivity index (χ0v) is 31.5. The van der Waals surface area contributed by atoms with E-state index in [1.165, 1.54) is 11.1 Å². The van der Waals surface area contributed by atoms with Crippen molar-refractivity contribution in [3.63, 3.8) is 0 Å². The highest BCUT2D eigenvalue weighted by Crippen LogP contribution is 2.46. The van der Waals surface area contributed by atoms with Gasteiger partial charge in [-0.25, -0.2) is 13.2 Å². The van der Waals surface area contributed by atoms with E-state index >= 15 is 0 Å². The number of benzene rings is 1. The molecular weight excluding hydrogens is 729 g/mol. The fraction of sp³-hybridized carbons (Fsp3) is 0.538. The summed E-state index contributed by atoms with van der Waals surface area (Å²) in [6.45, 7) is 0.546. The lowest BCUT2D eigenvalue weighted by molar-refractivity contribution is -0.141. The Hall–Kier alpha value is -4.99. The molecular formula is C39H48N6O9S. The third-order valence-corrected chi connectivity index (χ3v) is 12.8. The summed E-state index contributed by atoms with van der Waals surface area (Å²) in [5.41, 5.74) is 0.249. The molecule has 2 aromatic rings. The molecule has 5 aliphatic rings. The van der Waals surface area contributed by atoms with Gasteiger partial charge in [-0.2, -0.15) is 0 Å². The first-order valence-electron chi connectivity index (χ1n) is 19.3. The zero-order chi connectivity index (χ0) is 38.6. The van der Waals surface area contributed by atoms with Gasteiger partial charge in [0.25, 0.3) is 11.8 Å². The molecule has 3 aliphatic heterocycles. The summed E-state index contributed by atoms with van der Waals surface area (Å²) in [5, 5.41) is 7.90. The smallest absolute Gasteiger partial charge is 0.407 e. The van der Waals surface area contributed by atoms with Crippen LogP contribution in [0, 0.1) is 5.92 Å². The molecule has 1 aromatic carbocycles. The van der Waals surface area contributed by atoms with Gasteiger partial charge in [-0.3, -0.25) is 28.9 Å². The normalized spacial score (nSPS) is 28.8. The number of hydrogen-bond acceptors (Lipinski definition) is 10. The number of allylic oxidation sites excluding steroid dienone is 1. The molecule has 5 atom stereocenters. The SMILES string of the molecule is O=C1N[C@H]2CCCCC/C=C\[C@@H]3C[C@@]3(C(=O)NS(=O)(=O)C3CC3)NC(=O)[C@@H]3C[C@H](CN3C2=O)NC(=O)c2cncc(c2)-c2cccc(c2)OCCCCCO1. The lowest BCUT2D eigenvalue weighted by Gasteiger charge is -2.30. The third kappa shape index (κ3) is 9.11. The highest BCUT2D eigenvalue weighted by Gasteiger charge is 2.62. The summed E-state index contributed by atoms with van der Waals surface area (Å²) < 4.78 is 39.2. The van der Waals surface area contributed by atoms with Crippen LogP contribution in [-0.4, -0.2) is 96.7 Å². The van der Waals surface area contributed by atoms with Crippen LogP contribution in [0.2, 0.25) is 0 Å². The number of aromatic nitrogens is 1. The number of hydrogen-bond donors (Lipinski definition) is 4. The summed E-state index contributed by atoms with van der Waals surface area (Å²) >= 11 is 0. The molecule has 3 fully saturated rings. The lowest BCUT2D eigenvalue weighted by Crippen LogP contribution is -2.58. The molecule has 7 rings (SSSR count). The number of ether oxygens (including phenoxy) is 2. The van der Waals surface area contributed by atoms with E-state index in [0.717, 1.165) is 31.2 Å². The van der Waals surface area contributed by atoms with Gasteiger partial charge < -0.3 is 30.3 Å². The van der Waals surface area contributed by atoms with E-state index in [2.05, 4.69) is 25.7 Å². The Kier molecular flexibility index (Phi) is 11.4. The van der Waals surface area contributed by atoms with E-state index < -0.39 is 74.6 Å². The Morgan fingerprint density at radius 3 is 2.49 bits per heavy atom. The second kappa shape index (κ2) is 16.4. The molecule has 15 nitrogen and oxygen atoms in total. The molecule has 294 valence electrons. The first kappa shape index (κ1) is 38.3. The van der Waals surface area contributed by atoms with Crippen molar-refractivity contribution in [2.75, 3.05) is 19.8 Å². The molecule has 2 aliphatic carbocycles.